The Hall–Kier alpha value is -2.42. The fourth-order valence-corrected chi connectivity index (χ4v) is 4.08. The summed E-state index contributed by atoms with van der Waals surface area (Å²) in [6.07, 6.45) is 2.33. The van der Waals surface area contributed by atoms with E-state index in [1.54, 1.807) is 48.5 Å². The number of esters is 1. The predicted octanol–water partition coefficient (Wildman–Crippen LogP) is 3.17. The number of anilines is 1. The van der Waals surface area contributed by atoms with Crippen LogP contribution in [0.25, 0.3) is 0 Å². The number of hydrogen-bond donors (Lipinski definition) is 1. The van der Waals surface area contributed by atoms with Gasteiger partial charge in [0, 0.05) is 29.4 Å². The summed E-state index contributed by atoms with van der Waals surface area (Å²) in [5, 5.41) is 3.29. The minimum atomic E-state index is -3.33. The van der Waals surface area contributed by atoms with Crippen LogP contribution >= 0.6 is 11.6 Å². The number of nitrogens with one attached hydrogen (secondary N) is 1. The van der Waals surface area contributed by atoms with Crippen LogP contribution in [0.15, 0.2) is 48.5 Å². The van der Waals surface area contributed by atoms with Crippen molar-refractivity contribution in [1.82, 2.24) is 4.31 Å². The van der Waals surface area contributed by atoms with E-state index < -0.39 is 21.9 Å². The second kappa shape index (κ2) is 8.94. The van der Waals surface area contributed by atoms with Gasteiger partial charge in [0.2, 0.25) is 10.0 Å². The van der Waals surface area contributed by atoms with Crippen LogP contribution < -0.4 is 10.1 Å². The van der Waals surface area contributed by atoms with Gasteiger partial charge in [0.15, 0.2) is 0 Å². The maximum absolute atomic E-state index is 12.4. The molecule has 7 nitrogen and oxygen atoms in total. The topological polar surface area (TPSA) is 92.8 Å². The molecule has 0 bridgehead atoms. The van der Waals surface area contributed by atoms with Gasteiger partial charge in [-0.05, 0) is 61.4 Å². The zero-order valence-electron chi connectivity index (χ0n) is 15.8. The minimum absolute atomic E-state index is 0.132. The molecule has 1 amide bonds. The highest BCUT2D eigenvalue weighted by atomic mass is 35.5. The fourth-order valence-electron chi connectivity index (χ4n) is 3.05. The SMILES string of the molecule is CS(=O)(=O)N1CCCC(C(=O)Oc2ccc(NC(=O)c3ccc(Cl)cc3)cc2)C1. The van der Waals surface area contributed by atoms with Crippen molar-refractivity contribution in [2.75, 3.05) is 24.7 Å². The maximum atomic E-state index is 12.4. The zero-order chi connectivity index (χ0) is 21.0. The standard InChI is InChI=1S/C20H21ClN2O5S/c1-29(26,27)23-12-2-3-15(13-23)20(25)28-18-10-8-17(9-11-18)22-19(24)14-4-6-16(21)7-5-14/h4-11,15H,2-3,12-13H2,1H3,(H,22,24). The Bertz CT molecular complexity index is 991. The normalized spacial score (nSPS) is 17.5. The molecule has 1 N–H and O–H groups in total. The van der Waals surface area contributed by atoms with Crippen molar-refractivity contribution in [2.24, 2.45) is 5.92 Å². The molecule has 1 saturated heterocycles. The van der Waals surface area contributed by atoms with E-state index in [-0.39, 0.29) is 12.5 Å². The van der Waals surface area contributed by atoms with Crippen LogP contribution in [0.1, 0.15) is 23.2 Å². The number of nitrogens with zero attached hydrogens (tertiary/aromatic N) is 1. The average molecular weight is 437 g/mol. The molecule has 0 aromatic heterocycles. The molecule has 29 heavy (non-hydrogen) atoms. The lowest BCUT2D eigenvalue weighted by Crippen LogP contribution is -2.42. The summed E-state index contributed by atoms with van der Waals surface area (Å²) in [7, 11) is -3.33. The van der Waals surface area contributed by atoms with Crippen LogP contribution in [-0.2, 0) is 14.8 Å². The molecule has 1 unspecified atom stereocenters. The van der Waals surface area contributed by atoms with Gasteiger partial charge in [0.25, 0.3) is 5.91 Å². The van der Waals surface area contributed by atoms with Crippen molar-refractivity contribution < 1.29 is 22.7 Å². The second-order valence-corrected chi connectivity index (χ2v) is 9.29. The van der Waals surface area contributed by atoms with Gasteiger partial charge in [-0.3, -0.25) is 9.59 Å². The summed E-state index contributed by atoms with van der Waals surface area (Å²) >= 11 is 5.82. The highest BCUT2D eigenvalue weighted by molar-refractivity contribution is 7.88. The van der Waals surface area contributed by atoms with Gasteiger partial charge in [-0.2, -0.15) is 0 Å². The van der Waals surface area contributed by atoms with Crippen molar-refractivity contribution >= 4 is 39.2 Å². The van der Waals surface area contributed by atoms with Gasteiger partial charge in [-0.1, -0.05) is 11.6 Å². The molecule has 9 heteroatoms. The number of benzene rings is 2. The number of ether oxygens (including phenoxy) is 1. The summed E-state index contributed by atoms with van der Waals surface area (Å²) in [5.74, 6) is -0.912. The van der Waals surface area contributed by atoms with Crippen LogP contribution in [0.2, 0.25) is 5.02 Å². The molecule has 0 aliphatic carbocycles. The molecule has 2 aromatic rings. The molecular formula is C20H21ClN2O5S. The number of sulfonamides is 1. The number of amides is 1. The summed E-state index contributed by atoms with van der Waals surface area (Å²) < 4.78 is 30.1. The Morgan fingerprint density at radius 2 is 1.76 bits per heavy atom. The van der Waals surface area contributed by atoms with Crippen molar-refractivity contribution in [3.63, 3.8) is 0 Å². The molecule has 2 aromatic carbocycles. The second-order valence-electron chi connectivity index (χ2n) is 6.87. The Kier molecular flexibility index (Phi) is 6.56. The highest BCUT2D eigenvalue weighted by Gasteiger charge is 2.31. The number of halogens is 1. The molecule has 3 rings (SSSR count). The predicted molar refractivity (Wildman–Crippen MR) is 111 cm³/mol. The molecule has 1 aliphatic heterocycles. The number of carbonyl (C=O) groups is 2. The van der Waals surface area contributed by atoms with E-state index in [1.807, 2.05) is 0 Å². The van der Waals surface area contributed by atoms with Gasteiger partial charge in [-0.15, -0.1) is 0 Å². The fraction of sp³-hybridized carbons (Fsp3) is 0.300. The summed E-state index contributed by atoms with van der Waals surface area (Å²) in [6, 6.07) is 12.9. The lowest BCUT2D eigenvalue weighted by Gasteiger charge is -2.29. The first kappa shape index (κ1) is 21.3. The molecular weight excluding hydrogens is 416 g/mol. The Labute approximate surface area is 174 Å². The van der Waals surface area contributed by atoms with E-state index in [1.165, 1.54) is 4.31 Å². The van der Waals surface area contributed by atoms with E-state index in [4.69, 9.17) is 16.3 Å². The molecule has 154 valence electrons. The van der Waals surface area contributed by atoms with Crippen LogP contribution in [0.4, 0.5) is 5.69 Å². The zero-order valence-corrected chi connectivity index (χ0v) is 17.4. The number of rotatable bonds is 5. The monoisotopic (exact) mass is 436 g/mol. The van der Waals surface area contributed by atoms with E-state index in [2.05, 4.69) is 5.32 Å². The Balaban J connectivity index is 1.58. The van der Waals surface area contributed by atoms with E-state index >= 15 is 0 Å². The maximum Gasteiger partial charge on any atom is 0.315 e. The molecule has 0 saturated carbocycles. The van der Waals surface area contributed by atoms with E-state index in [0.29, 0.717) is 41.4 Å². The van der Waals surface area contributed by atoms with Gasteiger partial charge in [0.1, 0.15) is 5.75 Å². The highest BCUT2D eigenvalue weighted by Crippen LogP contribution is 2.23. The first-order chi connectivity index (χ1) is 13.7. The van der Waals surface area contributed by atoms with Crippen molar-refractivity contribution in [1.29, 1.82) is 0 Å². The summed E-state index contributed by atoms with van der Waals surface area (Å²) in [6.45, 7) is 0.553. The third-order valence-corrected chi connectivity index (χ3v) is 6.15. The van der Waals surface area contributed by atoms with Gasteiger partial charge >= 0.3 is 5.97 Å². The first-order valence-corrected chi connectivity index (χ1v) is 11.3. The Morgan fingerprint density at radius 3 is 2.38 bits per heavy atom. The quantitative estimate of drug-likeness (QED) is 0.574. The number of carbonyl (C=O) groups excluding carboxylic acids is 2. The van der Waals surface area contributed by atoms with E-state index in [0.717, 1.165) is 6.26 Å². The molecule has 0 spiro atoms. The Morgan fingerprint density at radius 1 is 1.10 bits per heavy atom. The average Bonchev–Trinajstić information content (AvgIpc) is 2.69. The van der Waals surface area contributed by atoms with Crippen LogP contribution in [0, 0.1) is 5.92 Å². The lowest BCUT2D eigenvalue weighted by atomic mass is 10.00. The number of hydrogen-bond acceptors (Lipinski definition) is 5. The molecule has 1 atom stereocenters. The van der Waals surface area contributed by atoms with Gasteiger partial charge < -0.3 is 10.1 Å². The first-order valence-electron chi connectivity index (χ1n) is 9.06. The molecule has 0 radical (unpaired) electrons. The smallest absolute Gasteiger partial charge is 0.315 e. The minimum Gasteiger partial charge on any atom is -0.426 e. The third-order valence-electron chi connectivity index (χ3n) is 4.62. The van der Waals surface area contributed by atoms with Crippen LogP contribution in [0.5, 0.6) is 5.75 Å². The van der Waals surface area contributed by atoms with Crippen LogP contribution in [-0.4, -0.2) is 43.9 Å². The van der Waals surface area contributed by atoms with Crippen molar-refractivity contribution in [3.05, 3.63) is 59.1 Å². The molecule has 1 fully saturated rings. The third kappa shape index (κ3) is 5.79. The van der Waals surface area contributed by atoms with Gasteiger partial charge in [-0.25, -0.2) is 12.7 Å². The lowest BCUT2D eigenvalue weighted by molar-refractivity contribution is -0.140. The van der Waals surface area contributed by atoms with E-state index in [9.17, 15) is 18.0 Å². The number of piperidine rings is 1. The van der Waals surface area contributed by atoms with Crippen LogP contribution in [0.3, 0.4) is 0 Å². The molecule has 1 heterocycles. The van der Waals surface area contributed by atoms with Crippen molar-refractivity contribution in [2.45, 2.75) is 12.8 Å². The largest absolute Gasteiger partial charge is 0.426 e. The summed E-state index contributed by atoms with van der Waals surface area (Å²) in [4.78, 5) is 24.6. The summed E-state index contributed by atoms with van der Waals surface area (Å²) in [5.41, 5.74) is 1.02. The van der Waals surface area contributed by atoms with Gasteiger partial charge in [0.05, 0.1) is 12.2 Å². The molecule has 1 aliphatic rings. The van der Waals surface area contributed by atoms with Crippen molar-refractivity contribution in [3.8, 4) is 5.75 Å².